The zero-order valence-corrected chi connectivity index (χ0v) is 14.5. The van der Waals surface area contributed by atoms with Crippen molar-refractivity contribution in [2.75, 3.05) is 20.2 Å². The molecule has 6 heteroatoms. The highest BCUT2D eigenvalue weighted by Gasteiger charge is 2.29. The number of nitrogens with two attached hydrogens (primary N) is 1. The molecule has 0 spiro atoms. The molecule has 1 fully saturated rings. The average Bonchev–Trinajstić information content (AvgIpc) is 2.59. The van der Waals surface area contributed by atoms with Gasteiger partial charge in [-0.05, 0) is 37.5 Å². The number of piperidine rings is 1. The topological polar surface area (TPSA) is 72.6 Å². The monoisotopic (exact) mass is 336 g/mol. The predicted molar refractivity (Wildman–Crippen MR) is 92.2 cm³/mol. The van der Waals surface area contributed by atoms with Gasteiger partial charge in [-0.2, -0.15) is 0 Å². The predicted octanol–water partition coefficient (Wildman–Crippen LogP) is 2.04. The third-order valence-corrected chi connectivity index (χ3v) is 5.32. The van der Waals surface area contributed by atoms with Crippen LogP contribution in [0.1, 0.15) is 25.3 Å². The molecule has 2 rings (SSSR count). The molecule has 1 aromatic carbocycles. The van der Waals surface area contributed by atoms with Crippen molar-refractivity contribution in [2.24, 2.45) is 11.7 Å². The number of carbonyl (C=O) groups excluding carboxylic acids is 2. The van der Waals surface area contributed by atoms with Crippen LogP contribution in [0.4, 0.5) is 0 Å². The van der Waals surface area contributed by atoms with Gasteiger partial charge >= 0.3 is 0 Å². The number of methoxy groups -OCH3 is 1. The van der Waals surface area contributed by atoms with Crippen molar-refractivity contribution >= 4 is 23.6 Å². The summed E-state index contributed by atoms with van der Waals surface area (Å²) in [5, 5.41) is -0.146. The van der Waals surface area contributed by atoms with Crippen LogP contribution < -0.4 is 10.5 Å². The molecular weight excluding hydrogens is 312 g/mol. The molecule has 0 saturated carbocycles. The molecule has 1 heterocycles. The van der Waals surface area contributed by atoms with E-state index in [1.54, 1.807) is 23.8 Å². The number of ether oxygens (including phenoxy) is 1. The summed E-state index contributed by atoms with van der Waals surface area (Å²) in [6.07, 6.45) is 1.62. The maximum atomic E-state index is 12.5. The van der Waals surface area contributed by atoms with Gasteiger partial charge in [0.1, 0.15) is 5.75 Å². The molecule has 5 nitrogen and oxygen atoms in total. The van der Waals surface area contributed by atoms with Crippen molar-refractivity contribution in [3.63, 3.8) is 0 Å². The van der Waals surface area contributed by atoms with E-state index < -0.39 is 0 Å². The lowest BCUT2D eigenvalue weighted by atomic mass is 9.97. The Morgan fingerprint density at radius 3 is 2.96 bits per heavy atom. The number of hydrogen-bond donors (Lipinski definition) is 1. The van der Waals surface area contributed by atoms with E-state index in [-0.39, 0.29) is 23.0 Å². The molecule has 0 aromatic heterocycles. The standard InChI is InChI=1S/C17H24N2O3S/c1-12(23-11-13-5-3-7-15(9-13)22-2)17(21)19-8-4-6-14(10-19)16(18)20/h3,5,7,9,12,14H,4,6,8,10-11H2,1-2H3,(H2,18,20)/t12-,14-/m0/s1. The first-order valence-electron chi connectivity index (χ1n) is 7.84. The molecule has 0 bridgehead atoms. The van der Waals surface area contributed by atoms with Crippen LogP contribution in [-0.4, -0.2) is 42.2 Å². The molecular formula is C17H24N2O3S. The number of likely N-dealkylation sites (tertiary alicyclic amines) is 1. The molecule has 1 saturated heterocycles. The van der Waals surface area contributed by atoms with Crippen LogP contribution in [0.25, 0.3) is 0 Å². The van der Waals surface area contributed by atoms with Crippen LogP contribution in [0.3, 0.4) is 0 Å². The Balaban J connectivity index is 1.88. The van der Waals surface area contributed by atoms with Gasteiger partial charge < -0.3 is 15.4 Å². The Hall–Kier alpha value is -1.69. The Morgan fingerprint density at radius 2 is 2.26 bits per heavy atom. The van der Waals surface area contributed by atoms with Gasteiger partial charge in [0.15, 0.2) is 0 Å². The van der Waals surface area contributed by atoms with Gasteiger partial charge in [0.2, 0.25) is 11.8 Å². The number of amides is 2. The third kappa shape index (κ3) is 4.89. The minimum absolute atomic E-state index is 0.0869. The van der Waals surface area contributed by atoms with Crippen molar-refractivity contribution in [3.05, 3.63) is 29.8 Å². The van der Waals surface area contributed by atoms with Gasteiger partial charge in [-0.15, -0.1) is 11.8 Å². The SMILES string of the molecule is COc1cccc(CS[C@@H](C)C(=O)N2CCC[C@H](C(N)=O)C2)c1. The highest BCUT2D eigenvalue weighted by atomic mass is 32.2. The van der Waals surface area contributed by atoms with E-state index in [1.807, 2.05) is 31.2 Å². The van der Waals surface area contributed by atoms with Crippen molar-refractivity contribution < 1.29 is 14.3 Å². The molecule has 2 N–H and O–H groups in total. The number of nitrogens with zero attached hydrogens (tertiary/aromatic N) is 1. The smallest absolute Gasteiger partial charge is 0.235 e. The molecule has 23 heavy (non-hydrogen) atoms. The minimum atomic E-state index is -0.306. The molecule has 2 atom stereocenters. The molecule has 126 valence electrons. The zero-order valence-electron chi connectivity index (χ0n) is 13.7. The fraction of sp³-hybridized carbons (Fsp3) is 0.529. The lowest BCUT2D eigenvalue weighted by Gasteiger charge is -2.32. The maximum absolute atomic E-state index is 12.5. The van der Waals surface area contributed by atoms with E-state index in [2.05, 4.69) is 0 Å². The van der Waals surface area contributed by atoms with Gasteiger partial charge in [0, 0.05) is 18.8 Å². The van der Waals surface area contributed by atoms with Crippen LogP contribution in [0.15, 0.2) is 24.3 Å². The van der Waals surface area contributed by atoms with E-state index >= 15 is 0 Å². The summed E-state index contributed by atoms with van der Waals surface area (Å²) in [5.41, 5.74) is 6.50. The van der Waals surface area contributed by atoms with Gasteiger partial charge in [0.05, 0.1) is 18.3 Å². The van der Waals surface area contributed by atoms with Crippen LogP contribution in [0.2, 0.25) is 0 Å². The molecule has 1 aliphatic heterocycles. The minimum Gasteiger partial charge on any atom is -0.497 e. The zero-order chi connectivity index (χ0) is 16.8. The first kappa shape index (κ1) is 17.7. The summed E-state index contributed by atoms with van der Waals surface area (Å²) >= 11 is 1.60. The Labute approximate surface area is 141 Å². The second kappa shape index (κ2) is 8.24. The van der Waals surface area contributed by atoms with Crippen molar-refractivity contribution in [1.29, 1.82) is 0 Å². The van der Waals surface area contributed by atoms with E-state index in [0.717, 1.165) is 29.9 Å². The summed E-state index contributed by atoms with van der Waals surface area (Å²) in [7, 11) is 1.64. The highest BCUT2D eigenvalue weighted by molar-refractivity contribution is 7.99. The summed E-state index contributed by atoms with van der Waals surface area (Å²) in [6, 6.07) is 7.86. The quantitative estimate of drug-likeness (QED) is 0.863. The molecule has 1 aromatic rings. The molecule has 0 radical (unpaired) electrons. The highest BCUT2D eigenvalue weighted by Crippen LogP contribution is 2.24. The molecule has 0 aliphatic carbocycles. The summed E-state index contributed by atoms with van der Waals surface area (Å²) in [6.45, 7) is 3.09. The number of rotatable bonds is 6. The first-order chi connectivity index (χ1) is 11.0. The second-order valence-corrected chi connectivity index (χ2v) is 7.16. The Bertz CT molecular complexity index is 565. The molecule has 0 unspecified atom stereocenters. The van der Waals surface area contributed by atoms with Crippen LogP contribution in [0, 0.1) is 5.92 Å². The fourth-order valence-corrected chi connectivity index (χ4v) is 3.64. The lowest BCUT2D eigenvalue weighted by Crippen LogP contribution is -2.46. The van der Waals surface area contributed by atoms with Crippen molar-refractivity contribution in [2.45, 2.75) is 30.8 Å². The van der Waals surface area contributed by atoms with Gasteiger partial charge in [-0.3, -0.25) is 9.59 Å². The third-order valence-electron chi connectivity index (χ3n) is 4.12. The number of primary amides is 1. The van der Waals surface area contributed by atoms with Crippen LogP contribution >= 0.6 is 11.8 Å². The molecule has 1 aliphatic rings. The largest absolute Gasteiger partial charge is 0.497 e. The summed E-state index contributed by atoms with van der Waals surface area (Å²) < 4.78 is 5.21. The lowest BCUT2D eigenvalue weighted by molar-refractivity contribution is -0.134. The molecule has 2 amide bonds. The Kier molecular flexibility index (Phi) is 6.33. The van der Waals surface area contributed by atoms with Crippen LogP contribution in [-0.2, 0) is 15.3 Å². The summed E-state index contributed by atoms with van der Waals surface area (Å²) in [5.74, 6) is 1.14. The fourth-order valence-electron chi connectivity index (χ4n) is 2.72. The van der Waals surface area contributed by atoms with Crippen LogP contribution in [0.5, 0.6) is 5.75 Å². The Morgan fingerprint density at radius 1 is 1.48 bits per heavy atom. The van der Waals surface area contributed by atoms with Gasteiger partial charge in [-0.1, -0.05) is 12.1 Å². The first-order valence-corrected chi connectivity index (χ1v) is 8.88. The van der Waals surface area contributed by atoms with E-state index in [0.29, 0.717) is 13.1 Å². The van der Waals surface area contributed by atoms with Gasteiger partial charge in [0.25, 0.3) is 0 Å². The van der Waals surface area contributed by atoms with E-state index in [1.165, 1.54) is 0 Å². The van der Waals surface area contributed by atoms with E-state index in [4.69, 9.17) is 10.5 Å². The van der Waals surface area contributed by atoms with Gasteiger partial charge in [-0.25, -0.2) is 0 Å². The van der Waals surface area contributed by atoms with Crippen molar-refractivity contribution in [1.82, 2.24) is 4.90 Å². The number of hydrogen-bond acceptors (Lipinski definition) is 4. The number of thioether (sulfide) groups is 1. The second-order valence-electron chi connectivity index (χ2n) is 5.83. The van der Waals surface area contributed by atoms with Crippen molar-refractivity contribution in [3.8, 4) is 5.75 Å². The number of carbonyl (C=O) groups is 2. The normalized spacial score (nSPS) is 19.2. The summed E-state index contributed by atoms with van der Waals surface area (Å²) in [4.78, 5) is 25.6. The number of benzene rings is 1. The van der Waals surface area contributed by atoms with E-state index in [9.17, 15) is 9.59 Å². The average molecular weight is 336 g/mol. The maximum Gasteiger partial charge on any atom is 0.235 e.